The molecule has 0 aliphatic carbocycles. The van der Waals surface area contributed by atoms with Crippen LogP contribution in [-0.4, -0.2) is 67.2 Å². The lowest BCUT2D eigenvalue weighted by Crippen LogP contribution is -2.52. The number of hydrogen-bond acceptors (Lipinski definition) is 8. The Morgan fingerprint density at radius 1 is 1.43 bits per heavy atom. The minimum Gasteiger partial charge on any atom is -0.314 e. The predicted octanol–water partition coefficient (Wildman–Crippen LogP) is -1.81. The van der Waals surface area contributed by atoms with Crippen molar-refractivity contribution >= 4 is 32.3 Å². The number of nitrogens with zero attached hydrogens (tertiary/aromatic N) is 2. The topological polar surface area (TPSA) is 183 Å². The number of fused-ring (bicyclic) bond motifs is 2. The third-order valence-electron chi connectivity index (χ3n) is 3.57. The molecule has 2 bridgehead atoms. The molecule has 0 aromatic rings. The summed E-state index contributed by atoms with van der Waals surface area (Å²) >= 11 is 0. The van der Waals surface area contributed by atoms with Crippen LogP contribution in [0.25, 0.3) is 0 Å². The van der Waals surface area contributed by atoms with Crippen LogP contribution in [0.1, 0.15) is 19.8 Å². The zero-order valence-electron chi connectivity index (χ0n) is 12.0. The number of rotatable bonds is 5. The Kier molecular flexibility index (Phi) is 4.55. The summed E-state index contributed by atoms with van der Waals surface area (Å²) in [5, 5.41) is 7.13. The normalized spacial score (nSPS) is 26.3. The molecule has 12 nitrogen and oxygen atoms in total. The lowest BCUT2D eigenvalue weighted by Gasteiger charge is -2.31. The summed E-state index contributed by atoms with van der Waals surface area (Å²) in [7, 11) is -8.80. The summed E-state index contributed by atoms with van der Waals surface area (Å²) in [6.07, 6.45) is 0.493. The first-order valence-electron chi connectivity index (χ1n) is 6.55. The number of urea groups is 1. The predicted molar refractivity (Wildman–Crippen MR) is 76.8 cm³/mol. The fourth-order valence-electron chi connectivity index (χ4n) is 2.45. The van der Waals surface area contributed by atoms with Crippen molar-refractivity contribution in [3.63, 3.8) is 0 Å². The molecule has 0 aromatic heterocycles. The molecule has 23 heavy (non-hydrogen) atoms. The Labute approximate surface area is 133 Å². The SMILES string of the molecule is CC(N)S(=O)(=O)NC(=N)C1CCC2CN1C(=O)N2OS(=O)(=O)O. The van der Waals surface area contributed by atoms with Crippen molar-refractivity contribution < 1.29 is 30.5 Å². The van der Waals surface area contributed by atoms with Crippen molar-refractivity contribution in [2.24, 2.45) is 5.73 Å². The highest BCUT2D eigenvalue weighted by atomic mass is 32.3. The third kappa shape index (κ3) is 3.72. The van der Waals surface area contributed by atoms with Gasteiger partial charge in [-0.25, -0.2) is 13.2 Å². The first-order chi connectivity index (χ1) is 10.4. The second-order valence-corrected chi connectivity index (χ2v) is 8.32. The van der Waals surface area contributed by atoms with Gasteiger partial charge in [0.15, 0.2) is 0 Å². The lowest BCUT2D eigenvalue weighted by molar-refractivity contribution is -0.0316. The van der Waals surface area contributed by atoms with Crippen molar-refractivity contribution in [2.45, 2.75) is 37.2 Å². The minimum absolute atomic E-state index is 0.0430. The molecule has 0 aromatic carbocycles. The van der Waals surface area contributed by atoms with E-state index in [1.165, 1.54) is 6.92 Å². The monoisotopic (exact) mass is 371 g/mol. The van der Waals surface area contributed by atoms with Crippen LogP contribution >= 0.6 is 0 Å². The summed E-state index contributed by atoms with van der Waals surface area (Å²) in [5.74, 6) is -0.442. The summed E-state index contributed by atoms with van der Waals surface area (Å²) in [6, 6.07) is -2.37. The zero-order chi connectivity index (χ0) is 17.6. The van der Waals surface area contributed by atoms with E-state index in [9.17, 15) is 21.6 Å². The standard InChI is InChI=1S/C9H17N5O7S2/c1-5(10)22(16,17)12-8(11)7-3-2-6-4-13(7)9(15)14(6)21-23(18,19)20/h5-7H,2-4,10H2,1H3,(H2,11,12)(H,18,19,20). The molecule has 2 rings (SSSR count). The average Bonchev–Trinajstić information content (AvgIpc) is 2.62. The zero-order valence-corrected chi connectivity index (χ0v) is 13.7. The van der Waals surface area contributed by atoms with E-state index in [1.54, 1.807) is 0 Å². The van der Waals surface area contributed by atoms with Crippen molar-refractivity contribution in [1.29, 1.82) is 5.41 Å². The number of hydroxylamine groups is 2. The Hall–Kier alpha value is -1.48. The molecule has 3 atom stereocenters. The molecule has 0 spiro atoms. The third-order valence-corrected chi connectivity index (χ3v) is 5.40. The summed E-state index contributed by atoms with van der Waals surface area (Å²) < 4.78 is 59.9. The van der Waals surface area contributed by atoms with Crippen LogP contribution in [0.3, 0.4) is 0 Å². The number of piperidine rings is 1. The fourth-order valence-corrected chi connectivity index (χ4v) is 3.46. The van der Waals surface area contributed by atoms with E-state index in [1.807, 2.05) is 4.72 Å². The molecule has 2 aliphatic rings. The van der Waals surface area contributed by atoms with Crippen LogP contribution in [-0.2, 0) is 24.7 Å². The molecule has 132 valence electrons. The number of sulfonamides is 1. The van der Waals surface area contributed by atoms with E-state index in [-0.39, 0.29) is 19.4 Å². The van der Waals surface area contributed by atoms with Gasteiger partial charge in [-0.2, -0.15) is 13.5 Å². The molecular formula is C9H17N5O7S2. The van der Waals surface area contributed by atoms with Gasteiger partial charge in [-0.15, -0.1) is 4.28 Å². The largest absolute Gasteiger partial charge is 0.418 e. The number of nitrogens with two attached hydrogens (primary N) is 1. The number of nitrogens with one attached hydrogen (secondary N) is 2. The van der Waals surface area contributed by atoms with Crippen LogP contribution in [0.2, 0.25) is 0 Å². The highest BCUT2D eigenvalue weighted by molar-refractivity contribution is 7.90. The molecule has 2 fully saturated rings. The second kappa shape index (κ2) is 5.86. The van der Waals surface area contributed by atoms with Gasteiger partial charge in [0.25, 0.3) is 0 Å². The van der Waals surface area contributed by atoms with E-state index < -0.39 is 49.7 Å². The maximum atomic E-state index is 12.1. The van der Waals surface area contributed by atoms with Crippen molar-refractivity contribution in [2.75, 3.05) is 6.54 Å². The van der Waals surface area contributed by atoms with Gasteiger partial charge in [0.2, 0.25) is 10.0 Å². The lowest BCUT2D eigenvalue weighted by atomic mass is 10.0. The van der Waals surface area contributed by atoms with E-state index in [2.05, 4.69) is 4.28 Å². The average molecular weight is 371 g/mol. The second-order valence-electron chi connectivity index (χ2n) is 5.28. The van der Waals surface area contributed by atoms with Crippen LogP contribution in [0, 0.1) is 5.41 Å². The van der Waals surface area contributed by atoms with Gasteiger partial charge in [0, 0.05) is 6.54 Å². The van der Waals surface area contributed by atoms with E-state index in [4.69, 9.17) is 15.7 Å². The molecule has 0 radical (unpaired) electrons. The maximum absolute atomic E-state index is 12.1. The van der Waals surface area contributed by atoms with Crippen LogP contribution in [0.5, 0.6) is 0 Å². The molecule has 5 N–H and O–H groups in total. The summed E-state index contributed by atoms with van der Waals surface area (Å²) in [5.41, 5.74) is 5.29. The smallest absolute Gasteiger partial charge is 0.314 e. The molecule has 2 saturated heterocycles. The Morgan fingerprint density at radius 2 is 2.04 bits per heavy atom. The van der Waals surface area contributed by atoms with Crippen molar-refractivity contribution in [3.8, 4) is 0 Å². The first-order valence-corrected chi connectivity index (χ1v) is 9.46. The van der Waals surface area contributed by atoms with E-state index in [0.29, 0.717) is 5.06 Å². The Balaban J connectivity index is 2.14. The van der Waals surface area contributed by atoms with Gasteiger partial charge in [-0.1, -0.05) is 0 Å². The van der Waals surface area contributed by atoms with Gasteiger partial charge in [0.05, 0.1) is 12.1 Å². The van der Waals surface area contributed by atoms with Gasteiger partial charge >= 0.3 is 16.4 Å². The maximum Gasteiger partial charge on any atom is 0.418 e. The van der Waals surface area contributed by atoms with Crippen molar-refractivity contribution in [1.82, 2.24) is 14.7 Å². The Bertz CT molecular complexity index is 719. The number of amides is 2. The van der Waals surface area contributed by atoms with Gasteiger partial charge < -0.3 is 10.6 Å². The van der Waals surface area contributed by atoms with Gasteiger partial charge in [-0.3, -0.25) is 14.7 Å². The quantitative estimate of drug-likeness (QED) is 0.247. The summed E-state index contributed by atoms with van der Waals surface area (Å²) in [6.45, 7) is 1.27. The van der Waals surface area contributed by atoms with Crippen LogP contribution in [0.4, 0.5) is 4.79 Å². The fraction of sp³-hybridized carbons (Fsp3) is 0.778. The van der Waals surface area contributed by atoms with Crippen molar-refractivity contribution in [3.05, 3.63) is 0 Å². The van der Waals surface area contributed by atoms with Crippen LogP contribution in [0.15, 0.2) is 0 Å². The van der Waals surface area contributed by atoms with Gasteiger partial charge in [0.1, 0.15) is 11.2 Å². The van der Waals surface area contributed by atoms with Gasteiger partial charge in [-0.05, 0) is 19.8 Å². The molecule has 2 heterocycles. The highest BCUT2D eigenvalue weighted by Gasteiger charge is 2.48. The molecule has 2 aliphatic heterocycles. The molecule has 3 unspecified atom stereocenters. The summed E-state index contributed by atoms with van der Waals surface area (Å²) in [4.78, 5) is 13.2. The first kappa shape index (κ1) is 17.9. The number of carbonyl (C=O) groups excluding carboxylic acids is 1. The molecule has 0 saturated carbocycles. The van der Waals surface area contributed by atoms with E-state index >= 15 is 0 Å². The van der Waals surface area contributed by atoms with E-state index in [0.717, 1.165) is 4.90 Å². The highest BCUT2D eigenvalue weighted by Crippen LogP contribution is 2.30. The molecule has 2 amide bonds. The molecular weight excluding hydrogens is 354 g/mol. The number of carbonyl (C=O) groups is 1. The molecule has 14 heteroatoms. The number of hydrogen-bond donors (Lipinski definition) is 4. The minimum atomic E-state index is -4.86. The number of amidine groups is 1. The Morgan fingerprint density at radius 3 is 2.57 bits per heavy atom. The van der Waals surface area contributed by atoms with Crippen LogP contribution < -0.4 is 10.5 Å².